The smallest absolute Gasteiger partial charge is 0.128 e. The van der Waals surface area contributed by atoms with E-state index in [-0.39, 0.29) is 23.7 Å². The molecule has 2 unspecified atom stereocenters. The maximum atomic E-state index is 13.8. The third-order valence-electron chi connectivity index (χ3n) is 3.74. The summed E-state index contributed by atoms with van der Waals surface area (Å²) in [5, 5.41) is 0. The molecule has 4 heteroatoms. The predicted molar refractivity (Wildman–Crippen MR) is 57.0 cm³/mol. The highest BCUT2D eigenvalue weighted by Crippen LogP contribution is 2.39. The zero-order chi connectivity index (χ0) is 11.3. The summed E-state index contributed by atoms with van der Waals surface area (Å²) in [5.74, 6) is -0.612. The van der Waals surface area contributed by atoms with Gasteiger partial charge in [-0.1, -0.05) is 0 Å². The molecule has 16 heavy (non-hydrogen) atoms. The molecule has 2 aliphatic heterocycles. The maximum Gasteiger partial charge on any atom is 0.128 e. The van der Waals surface area contributed by atoms with Gasteiger partial charge in [0.1, 0.15) is 11.6 Å². The van der Waals surface area contributed by atoms with Crippen molar-refractivity contribution < 1.29 is 8.78 Å². The van der Waals surface area contributed by atoms with Crippen molar-refractivity contribution in [3.8, 4) is 0 Å². The molecule has 86 valence electrons. The van der Waals surface area contributed by atoms with Crippen molar-refractivity contribution in [2.75, 3.05) is 13.1 Å². The number of nitrogens with zero attached hydrogens (tertiary/aromatic N) is 1. The molecule has 1 fully saturated rings. The monoisotopic (exact) mass is 224 g/mol. The summed E-state index contributed by atoms with van der Waals surface area (Å²) in [6.45, 7) is 1.67. The van der Waals surface area contributed by atoms with E-state index in [1.165, 1.54) is 12.1 Å². The van der Waals surface area contributed by atoms with Crippen LogP contribution in [0.25, 0.3) is 0 Å². The minimum atomic E-state index is -0.316. The van der Waals surface area contributed by atoms with Crippen LogP contribution in [0.2, 0.25) is 0 Å². The van der Waals surface area contributed by atoms with E-state index in [1.54, 1.807) is 0 Å². The Kier molecular flexibility index (Phi) is 2.23. The number of rotatable bonds is 0. The zero-order valence-electron chi connectivity index (χ0n) is 8.92. The quantitative estimate of drug-likeness (QED) is 0.725. The second-order valence-corrected chi connectivity index (χ2v) is 4.60. The Balaban J connectivity index is 2.17. The molecule has 3 rings (SSSR count). The van der Waals surface area contributed by atoms with E-state index in [0.717, 1.165) is 19.5 Å². The molecule has 0 radical (unpaired) electrons. The van der Waals surface area contributed by atoms with Crippen LogP contribution < -0.4 is 5.73 Å². The number of benzene rings is 1. The Morgan fingerprint density at radius 2 is 1.94 bits per heavy atom. The van der Waals surface area contributed by atoms with E-state index >= 15 is 0 Å². The molecule has 0 aromatic heterocycles. The van der Waals surface area contributed by atoms with Crippen molar-refractivity contribution in [2.24, 2.45) is 5.73 Å². The average Bonchev–Trinajstić information content (AvgIpc) is 2.66. The van der Waals surface area contributed by atoms with E-state index in [4.69, 9.17) is 5.73 Å². The Bertz CT molecular complexity index is 433. The number of hydrogen-bond donors (Lipinski definition) is 1. The van der Waals surface area contributed by atoms with Gasteiger partial charge in [0.15, 0.2) is 0 Å². The van der Waals surface area contributed by atoms with Crippen LogP contribution in [0.1, 0.15) is 23.6 Å². The second kappa shape index (κ2) is 3.50. The van der Waals surface area contributed by atoms with Gasteiger partial charge in [-0.25, -0.2) is 8.78 Å². The molecular formula is C12H14F2N2. The minimum Gasteiger partial charge on any atom is -0.326 e. The van der Waals surface area contributed by atoms with E-state index in [1.807, 2.05) is 0 Å². The van der Waals surface area contributed by atoms with E-state index in [9.17, 15) is 8.78 Å². The molecule has 0 saturated carbocycles. The lowest BCUT2D eigenvalue weighted by molar-refractivity contribution is 0.225. The summed E-state index contributed by atoms with van der Waals surface area (Å²) < 4.78 is 27.4. The Hall–Kier alpha value is -1.00. The van der Waals surface area contributed by atoms with Gasteiger partial charge in [-0.05, 0) is 30.5 Å². The van der Waals surface area contributed by atoms with Crippen LogP contribution in [0.4, 0.5) is 8.78 Å². The highest BCUT2D eigenvalue weighted by Gasteiger charge is 2.39. The van der Waals surface area contributed by atoms with Crippen LogP contribution in [0.5, 0.6) is 0 Å². The van der Waals surface area contributed by atoms with E-state index in [0.29, 0.717) is 17.5 Å². The molecule has 1 saturated heterocycles. The number of nitrogens with two attached hydrogens (primary N) is 1. The average molecular weight is 224 g/mol. The van der Waals surface area contributed by atoms with Gasteiger partial charge in [0.25, 0.3) is 0 Å². The molecular weight excluding hydrogens is 210 g/mol. The summed E-state index contributed by atoms with van der Waals surface area (Å²) in [7, 11) is 0. The summed E-state index contributed by atoms with van der Waals surface area (Å²) >= 11 is 0. The van der Waals surface area contributed by atoms with Crippen molar-refractivity contribution in [3.63, 3.8) is 0 Å². The van der Waals surface area contributed by atoms with Gasteiger partial charge in [0.2, 0.25) is 0 Å². The molecule has 0 spiro atoms. The fraction of sp³-hybridized carbons (Fsp3) is 0.500. The Morgan fingerprint density at radius 1 is 1.19 bits per heavy atom. The van der Waals surface area contributed by atoms with Crippen molar-refractivity contribution in [1.82, 2.24) is 4.90 Å². The SMILES string of the molecule is NC1CCN2CCc3c(F)ccc(F)c3C12. The highest BCUT2D eigenvalue weighted by atomic mass is 19.1. The summed E-state index contributed by atoms with van der Waals surface area (Å²) in [5.41, 5.74) is 7.02. The standard InChI is InChI=1S/C12H14F2N2/c13-8-1-2-9(14)11-7(8)3-5-16-6-4-10(15)12(11)16/h1-2,10,12H,3-6,15H2. The number of halogens is 2. The Labute approximate surface area is 93.0 Å². The molecule has 1 aromatic rings. The van der Waals surface area contributed by atoms with Crippen LogP contribution in [0, 0.1) is 11.6 Å². The molecule has 1 aromatic carbocycles. The van der Waals surface area contributed by atoms with Crippen molar-refractivity contribution in [3.05, 3.63) is 34.9 Å². The van der Waals surface area contributed by atoms with Crippen LogP contribution >= 0.6 is 0 Å². The van der Waals surface area contributed by atoms with Crippen LogP contribution in [-0.4, -0.2) is 24.0 Å². The molecule has 0 bridgehead atoms. The molecule has 2 atom stereocenters. The maximum absolute atomic E-state index is 13.8. The first-order valence-electron chi connectivity index (χ1n) is 5.65. The van der Waals surface area contributed by atoms with Gasteiger partial charge >= 0.3 is 0 Å². The van der Waals surface area contributed by atoms with Crippen LogP contribution in [-0.2, 0) is 6.42 Å². The largest absolute Gasteiger partial charge is 0.326 e. The third kappa shape index (κ3) is 1.30. The van der Waals surface area contributed by atoms with Gasteiger partial charge < -0.3 is 5.73 Å². The van der Waals surface area contributed by atoms with Crippen molar-refractivity contribution in [2.45, 2.75) is 24.9 Å². The lowest BCUT2D eigenvalue weighted by atomic mass is 9.90. The molecule has 0 amide bonds. The number of hydrogen-bond acceptors (Lipinski definition) is 2. The fourth-order valence-electron chi connectivity index (χ4n) is 2.97. The first-order valence-corrected chi connectivity index (χ1v) is 5.65. The molecule has 0 aliphatic carbocycles. The lowest BCUT2D eigenvalue weighted by Gasteiger charge is -2.33. The first kappa shape index (κ1) is 10.2. The Morgan fingerprint density at radius 3 is 2.75 bits per heavy atom. The van der Waals surface area contributed by atoms with Gasteiger partial charge in [-0.15, -0.1) is 0 Å². The second-order valence-electron chi connectivity index (χ2n) is 4.60. The zero-order valence-corrected chi connectivity index (χ0v) is 8.92. The molecule has 2 aliphatic rings. The highest BCUT2D eigenvalue weighted by molar-refractivity contribution is 5.37. The summed E-state index contributed by atoms with van der Waals surface area (Å²) in [4.78, 5) is 2.16. The van der Waals surface area contributed by atoms with Gasteiger partial charge in [-0.2, -0.15) is 0 Å². The number of fused-ring (bicyclic) bond motifs is 3. The topological polar surface area (TPSA) is 29.3 Å². The van der Waals surface area contributed by atoms with Crippen LogP contribution in [0.3, 0.4) is 0 Å². The third-order valence-corrected chi connectivity index (χ3v) is 3.74. The molecule has 2 N–H and O–H groups in total. The lowest BCUT2D eigenvalue weighted by Crippen LogP contribution is -2.38. The fourth-order valence-corrected chi connectivity index (χ4v) is 2.97. The summed E-state index contributed by atoms with van der Waals surface area (Å²) in [6.07, 6.45) is 1.45. The van der Waals surface area contributed by atoms with Gasteiger partial charge in [0.05, 0.1) is 6.04 Å². The van der Waals surface area contributed by atoms with Gasteiger partial charge in [-0.3, -0.25) is 4.90 Å². The van der Waals surface area contributed by atoms with Crippen molar-refractivity contribution >= 4 is 0 Å². The first-order chi connectivity index (χ1) is 7.68. The molecule has 2 nitrogen and oxygen atoms in total. The minimum absolute atomic E-state index is 0.0737. The van der Waals surface area contributed by atoms with E-state index < -0.39 is 0 Å². The normalized spacial score (nSPS) is 28.9. The van der Waals surface area contributed by atoms with E-state index in [2.05, 4.69) is 4.90 Å². The summed E-state index contributed by atoms with van der Waals surface area (Å²) in [6, 6.07) is 2.22. The molecule has 2 heterocycles. The van der Waals surface area contributed by atoms with Gasteiger partial charge in [0, 0.05) is 24.7 Å². The van der Waals surface area contributed by atoms with Crippen LogP contribution in [0.15, 0.2) is 12.1 Å². The predicted octanol–water partition coefficient (Wildman–Crippen LogP) is 1.59. The van der Waals surface area contributed by atoms with Crippen molar-refractivity contribution in [1.29, 1.82) is 0 Å².